The highest BCUT2D eigenvalue weighted by atomic mass is 19.1. The third kappa shape index (κ3) is 1.49. The highest BCUT2D eigenvalue weighted by Gasteiger charge is 2.60. The molecule has 1 aliphatic rings. The molecular formula is C12H14FNO2. The number of rotatable bonds is 3. The maximum atomic E-state index is 13.9. The molecule has 1 saturated carbocycles. The number of aliphatic carboxylic acids is 1. The van der Waals surface area contributed by atoms with Crippen LogP contribution in [0.3, 0.4) is 0 Å². The molecule has 0 unspecified atom stereocenters. The molecule has 1 aromatic rings. The number of carboxylic acids is 1. The van der Waals surface area contributed by atoms with Gasteiger partial charge in [0.15, 0.2) is 0 Å². The zero-order chi connectivity index (χ0) is 11.8. The second-order valence-electron chi connectivity index (χ2n) is 4.49. The second-order valence-corrected chi connectivity index (χ2v) is 4.49. The summed E-state index contributed by atoms with van der Waals surface area (Å²) >= 11 is 0. The van der Waals surface area contributed by atoms with Gasteiger partial charge in [0.25, 0.3) is 0 Å². The first-order valence-electron chi connectivity index (χ1n) is 5.35. The van der Waals surface area contributed by atoms with Crippen molar-refractivity contribution in [1.82, 2.24) is 4.98 Å². The number of alkyl halides is 1. The van der Waals surface area contributed by atoms with Crippen LogP contribution in [0.25, 0.3) is 0 Å². The molecule has 4 heteroatoms. The topological polar surface area (TPSA) is 50.2 Å². The molecule has 0 radical (unpaired) electrons. The van der Waals surface area contributed by atoms with Crippen molar-refractivity contribution in [2.24, 2.45) is 0 Å². The van der Waals surface area contributed by atoms with E-state index in [-0.39, 0.29) is 12.8 Å². The number of pyridine rings is 1. The van der Waals surface area contributed by atoms with Gasteiger partial charge in [-0.25, -0.2) is 4.39 Å². The molecule has 0 aliphatic heterocycles. The molecule has 0 spiro atoms. The maximum Gasteiger partial charge on any atom is 0.314 e. The van der Waals surface area contributed by atoms with Crippen molar-refractivity contribution in [3.63, 3.8) is 0 Å². The van der Waals surface area contributed by atoms with Gasteiger partial charge in [-0.1, -0.05) is 13.0 Å². The number of nitrogens with zero attached hydrogens (tertiary/aromatic N) is 1. The number of halogens is 1. The standard InChI is InChI=1S/C12H14FNO2/c1-2-11(13)7-12(8-11,10(15)16)9-4-3-5-14-6-9/h3-6H,2,7-8H2,1H3,(H,15,16). The van der Waals surface area contributed by atoms with Crippen molar-refractivity contribution >= 4 is 5.97 Å². The zero-order valence-electron chi connectivity index (χ0n) is 9.11. The van der Waals surface area contributed by atoms with Gasteiger partial charge in [-0.15, -0.1) is 0 Å². The molecule has 0 amide bonds. The van der Waals surface area contributed by atoms with E-state index < -0.39 is 17.1 Å². The molecule has 3 nitrogen and oxygen atoms in total. The Hall–Kier alpha value is -1.45. The minimum absolute atomic E-state index is 0.0531. The van der Waals surface area contributed by atoms with Crippen LogP contribution in [0.1, 0.15) is 31.7 Å². The molecule has 0 atom stereocenters. The predicted octanol–water partition coefficient (Wildman–Crippen LogP) is 2.32. The largest absolute Gasteiger partial charge is 0.481 e. The summed E-state index contributed by atoms with van der Waals surface area (Å²) in [5.41, 5.74) is -1.79. The molecule has 1 heterocycles. The highest BCUT2D eigenvalue weighted by Crippen LogP contribution is 2.54. The van der Waals surface area contributed by atoms with E-state index >= 15 is 0 Å². The van der Waals surface area contributed by atoms with E-state index in [4.69, 9.17) is 0 Å². The average molecular weight is 223 g/mol. The van der Waals surface area contributed by atoms with E-state index in [1.165, 1.54) is 6.20 Å². The van der Waals surface area contributed by atoms with E-state index in [2.05, 4.69) is 4.98 Å². The van der Waals surface area contributed by atoms with Gasteiger partial charge in [-0.05, 0) is 18.1 Å². The summed E-state index contributed by atoms with van der Waals surface area (Å²) in [6.45, 7) is 1.75. The molecule has 86 valence electrons. The first-order chi connectivity index (χ1) is 7.52. The summed E-state index contributed by atoms with van der Waals surface area (Å²) in [4.78, 5) is 15.2. The lowest BCUT2D eigenvalue weighted by molar-refractivity contribution is -0.156. The predicted molar refractivity (Wildman–Crippen MR) is 56.9 cm³/mol. The Balaban J connectivity index is 2.32. The van der Waals surface area contributed by atoms with Gasteiger partial charge in [-0.3, -0.25) is 9.78 Å². The Labute approximate surface area is 93.3 Å². The summed E-state index contributed by atoms with van der Waals surface area (Å²) in [5, 5.41) is 9.27. The van der Waals surface area contributed by atoms with Crippen molar-refractivity contribution in [3.8, 4) is 0 Å². The molecule has 1 fully saturated rings. The smallest absolute Gasteiger partial charge is 0.314 e. The monoisotopic (exact) mass is 223 g/mol. The maximum absolute atomic E-state index is 13.9. The van der Waals surface area contributed by atoms with Crippen LogP contribution in [0.4, 0.5) is 4.39 Å². The summed E-state index contributed by atoms with van der Waals surface area (Å²) in [5.74, 6) is -0.956. The van der Waals surface area contributed by atoms with Crippen LogP contribution in [0, 0.1) is 0 Å². The van der Waals surface area contributed by atoms with E-state index in [1.54, 1.807) is 25.3 Å². The fraction of sp³-hybridized carbons (Fsp3) is 0.500. The minimum Gasteiger partial charge on any atom is -0.481 e. The SMILES string of the molecule is CCC1(F)CC(C(=O)O)(c2cccnc2)C1. The molecule has 16 heavy (non-hydrogen) atoms. The van der Waals surface area contributed by atoms with E-state index in [9.17, 15) is 14.3 Å². The lowest BCUT2D eigenvalue weighted by atomic mass is 9.56. The lowest BCUT2D eigenvalue weighted by Gasteiger charge is -2.48. The zero-order valence-corrected chi connectivity index (χ0v) is 9.11. The van der Waals surface area contributed by atoms with Crippen LogP contribution in [-0.2, 0) is 10.2 Å². The fourth-order valence-electron chi connectivity index (χ4n) is 2.40. The van der Waals surface area contributed by atoms with Gasteiger partial charge in [0.05, 0.1) is 0 Å². The van der Waals surface area contributed by atoms with Gasteiger partial charge in [0.2, 0.25) is 0 Å². The third-order valence-corrected chi connectivity index (χ3v) is 3.49. The number of hydrogen-bond acceptors (Lipinski definition) is 2. The summed E-state index contributed by atoms with van der Waals surface area (Å²) in [7, 11) is 0. The van der Waals surface area contributed by atoms with Gasteiger partial charge in [0.1, 0.15) is 11.1 Å². The second kappa shape index (κ2) is 3.54. The normalized spacial score (nSPS) is 33.1. The van der Waals surface area contributed by atoms with Gasteiger partial charge in [-0.2, -0.15) is 0 Å². The molecule has 2 rings (SSSR count). The van der Waals surface area contributed by atoms with Crippen LogP contribution in [0.5, 0.6) is 0 Å². The van der Waals surface area contributed by atoms with Crippen LogP contribution < -0.4 is 0 Å². The Kier molecular flexibility index (Phi) is 2.45. The Bertz CT molecular complexity index is 399. The van der Waals surface area contributed by atoms with Crippen molar-refractivity contribution in [2.45, 2.75) is 37.3 Å². The summed E-state index contributed by atoms with van der Waals surface area (Å²) in [6.07, 6.45) is 3.57. The van der Waals surface area contributed by atoms with Gasteiger partial charge in [0, 0.05) is 25.2 Å². The first kappa shape index (κ1) is 11.0. The van der Waals surface area contributed by atoms with Crippen LogP contribution in [-0.4, -0.2) is 21.7 Å². The summed E-state index contributed by atoms with van der Waals surface area (Å²) in [6, 6.07) is 3.39. The Morgan fingerprint density at radius 1 is 1.62 bits per heavy atom. The first-order valence-corrected chi connectivity index (χ1v) is 5.35. The Morgan fingerprint density at radius 2 is 2.31 bits per heavy atom. The average Bonchev–Trinajstić information content (AvgIpc) is 2.25. The van der Waals surface area contributed by atoms with E-state index in [0.29, 0.717) is 12.0 Å². The van der Waals surface area contributed by atoms with Gasteiger partial charge >= 0.3 is 5.97 Å². The van der Waals surface area contributed by atoms with Crippen molar-refractivity contribution in [1.29, 1.82) is 0 Å². The summed E-state index contributed by atoms with van der Waals surface area (Å²) < 4.78 is 13.9. The van der Waals surface area contributed by atoms with Crippen LogP contribution in [0.2, 0.25) is 0 Å². The quantitative estimate of drug-likeness (QED) is 0.855. The minimum atomic E-state index is -1.33. The number of carboxylic acid groups (broad SMARTS) is 1. The van der Waals surface area contributed by atoms with Crippen LogP contribution >= 0.6 is 0 Å². The van der Waals surface area contributed by atoms with E-state index in [0.717, 1.165) is 0 Å². The van der Waals surface area contributed by atoms with Crippen molar-refractivity contribution in [2.75, 3.05) is 0 Å². The molecule has 0 aromatic carbocycles. The third-order valence-electron chi connectivity index (χ3n) is 3.49. The lowest BCUT2D eigenvalue weighted by Crippen LogP contribution is -2.56. The number of aromatic nitrogens is 1. The molecule has 1 aromatic heterocycles. The van der Waals surface area contributed by atoms with Crippen molar-refractivity contribution in [3.05, 3.63) is 30.1 Å². The highest BCUT2D eigenvalue weighted by molar-refractivity contribution is 5.83. The van der Waals surface area contributed by atoms with E-state index in [1.807, 2.05) is 0 Å². The molecule has 1 N–H and O–H groups in total. The molecule has 0 bridgehead atoms. The number of hydrogen-bond donors (Lipinski definition) is 1. The Morgan fingerprint density at radius 3 is 2.75 bits per heavy atom. The molecule has 1 aliphatic carbocycles. The number of carbonyl (C=O) groups is 1. The van der Waals surface area contributed by atoms with Gasteiger partial charge < -0.3 is 5.11 Å². The van der Waals surface area contributed by atoms with Crippen LogP contribution in [0.15, 0.2) is 24.5 Å². The fourth-order valence-corrected chi connectivity index (χ4v) is 2.40. The van der Waals surface area contributed by atoms with Crippen molar-refractivity contribution < 1.29 is 14.3 Å². The molecular weight excluding hydrogens is 209 g/mol. The molecule has 0 saturated heterocycles.